The van der Waals surface area contributed by atoms with Crippen molar-refractivity contribution in [2.45, 2.75) is 18.8 Å². The van der Waals surface area contributed by atoms with Crippen molar-refractivity contribution in [3.05, 3.63) is 42.5 Å². The van der Waals surface area contributed by atoms with Crippen molar-refractivity contribution in [2.75, 3.05) is 13.2 Å². The molecule has 7 nitrogen and oxygen atoms in total. The summed E-state index contributed by atoms with van der Waals surface area (Å²) in [5, 5.41) is 12.5. The molecular weight excluding hydrogens is 308 g/mol. The lowest BCUT2D eigenvalue weighted by Gasteiger charge is -2.18. The van der Waals surface area contributed by atoms with Crippen molar-refractivity contribution >= 4 is 0 Å². The number of aromatic nitrogens is 4. The molecule has 0 radical (unpaired) electrons. The average Bonchev–Trinajstić information content (AvgIpc) is 3.26. The van der Waals surface area contributed by atoms with Gasteiger partial charge in [-0.2, -0.15) is 5.10 Å². The first kappa shape index (κ1) is 14.9. The summed E-state index contributed by atoms with van der Waals surface area (Å²) in [6.07, 6.45) is 5.49. The first-order valence-corrected chi connectivity index (χ1v) is 7.96. The highest BCUT2D eigenvalue weighted by molar-refractivity contribution is 5.63. The van der Waals surface area contributed by atoms with Gasteiger partial charge in [0.05, 0.1) is 30.5 Å². The molecule has 7 heteroatoms. The van der Waals surface area contributed by atoms with Crippen molar-refractivity contribution in [3.8, 4) is 23.0 Å². The van der Waals surface area contributed by atoms with E-state index in [1.54, 1.807) is 17.1 Å². The second-order valence-electron chi connectivity index (χ2n) is 5.81. The van der Waals surface area contributed by atoms with Crippen molar-refractivity contribution in [2.24, 2.45) is 7.05 Å². The number of hydrogen-bond donors (Lipinski definition) is 0. The minimum Gasteiger partial charge on any atom is -0.453 e. The number of para-hydroxylation sites is 1. The van der Waals surface area contributed by atoms with Gasteiger partial charge >= 0.3 is 0 Å². The Hall–Kier alpha value is -2.67. The third-order valence-electron chi connectivity index (χ3n) is 3.98. The largest absolute Gasteiger partial charge is 0.453 e. The van der Waals surface area contributed by atoms with E-state index >= 15 is 0 Å². The van der Waals surface area contributed by atoms with E-state index in [0.717, 1.165) is 25.0 Å². The molecule has 1 aromatic carbocycles. The molecule has 0 saturated carbocycles. The van der Waals surface area contributed by atoms with Crippen molar-refractivity contribution in [3.63, 3.8) is 0 Å². The zero-order chi connectivity index (χ0) is 16.4. The summed E-state index contributed by atoms with van der Waals surface area (Å²) in [5.41, 5.74) is 0.761. The molecule has 3 heterocycles. The van der Waals surface area contributed by atoms with Crippen LogP contribution in [0.1, 0.15) is 24.7 Å². The topological polar surface area (TPSA) is 75.2 Å². The first-order chi connectivity index (χ1) is 11.8. The Labute approximate surface area is 139 Å². The van der Waals surface area contributed by atoms with Crippen LogP contribution in [0.4, 0.5) is 0 Å². The van der Waals surface area contributed by atoms with Gasteiger partial charge < -0.3 is 13.9 Å². The van der Waals surface area contributed by atoms with Gasteiger partial charge in [-0.1, -0.05) is 12.1 Å². The molecule has 4 rings (SSSR count). The molecule has 1 aliphatic rings. The lowest BCUT2D eigenvalue weighted by atomic mass is 10.0. The molecule has 0 N–H and O–H groups in total. The number of benzene rings is 1. The summed E-state index contributed by atoms with van der Waals surface area (Å²) in [5.74, 6) is 2.56. The SMILES string of the molecule is Cn1cc(Oc2ccccc2-c2nnc(C3CCCOC3)o2)cn1. The molecule has 1 atom stereocenters. The van der Waals surface area contributed by atoms with Crippen LogP contribution in [0.15, 0.2) is 41.1 Å². The minimum atomic E-state index is 0.173. The smallest absolute Gasteiger partial charge is 0.251 e. The standard InChI is InChI=1S/C17H18N4O3/c1-21-10-13(9-18-21)23-15-7-3-2-6-14(15)17-20-19-16(24-17)12-5-4-8-22-11-12/h2-3,6-7,9-10,12H,4-5,8,11H2,1H3. The fraction of sp³-hybridized carbons (Fsp3) is 0.353. The highest BCUT2D eigenvalue weighted by Crippen LogP contribution is 2.34. The monoisotopic (exact) mass is 326 g/mol. The number of rotatable bonds is 4. The Bertz CT molecular complexity index is 821. The molecule has 1 fully saturated rings. The second-order valence-corrected chi connectivity index (χ2v) is 5.81. The third-order valence-corrected chi connectivity index (χ3v) is 3.98. The van der Waals surface area contributed by atoms with Gasteiger partial charge in [0.25, 0.3) is 5.89 Å². The van der Waals surface area contributed by atoms with E-state index in [2.05, 4.69) is 15.3 Å². The Morgan fingerprint density at radius 2 is 2.17 bits per heavy atom. The van der Waals surface area contributed by atoms with Crippen LogP contribution in [0, 0.1) is 0 Å². The molecule has 24 heavy (non-hydrogen) atoms. The molecule has 1 unspecified atom stereocenters. The van der Waals surface area contributed by atoms with E-state index in [9.17, 15) is 0 Å². The van der Waals surface area contributed by atoms with Gasteiger partial charge in [0.15, 0.2) is 5.75 Å². The summed E-state index contributed by atoms with van der Waals surface area (Å²) in [4.78, 5) is 0. The number of aryl methyl sites for hydroxylation is 1. The van der Waals surface area contributed by atoms with E-state index in [-0.39, 0.29) is 5.92 Å². The van der Waals surface area contributed by atoms with Gasteiger partial charge in [0, 0.05) is 13.7 Å². The van der Waals surface area contributed by atoms with E-state index in [4.69, 9.17) is 13.9 Å². The Morgan fingerprint density at radius 3 is 2.96 bits per heavy atom. The van der Waals surface area contributed by atoms with Crippen LogP contribution in [0.5, 0.6) is 11.5 Å². The molecule has 0 spiro atoms. The van der Waals surface area contributed by atoms with Crippen molar-refractivity contribution < 1.29 is 13.9 Å². The molecule has 0 bridgehead atoms. The first-order valence-electron chi connectivity index (χ1n) is 7.96. The molecule has 0 aliphatic carbocycles. The van der Waals surface area contributed by atoms with Crippen LogP contribution in [-0.4, -0.2) is 33.2 Å². The van der Waals surface area contributed by atoms with E-state index in [1.807, 2.05) is 31.3 Å². The summed E-state index contributed by atoms with van der Waals surface area (Å²) in [6, 6.07) is 7.59. The molecular formula is C17H18N4O3. The summed E-state index contributed by atoms with van der Waals surface area (Å²) in [7, 11) is 1.84. The molecule has 3 aromatic rings. The average molecular weight is 326 g/mol. The summed E-state index contributed by atoms with van der Waals surface area (Å²) >= 11 is 0. The van der Waals surface area contributed by atoms with E-state index in [0.29, 0.717) is 29.9 Å². The highest BCUT2D eigenvalue weighted by atomic mass is 16.5. The van der Waals surface area contributed by atoms with Crippen molar-refractivity contribution in [1.29, 1.82) is 0 Å². The Kier molecular flexibility index (Phi) is 4.00. The maximum Gasteiger partial charge on any atom is 0.251 e. The predicted molar refractivity (Wildman–Crippen MR) is 85.8 cm³/mol. The quantitative estimate of drug-likeness (QED) is 0.733. The van der Waals surface area contributed by atoms with Crippen LogP contribution < -0.4 is 4.74 Å². The maximum absolute atomic E-state index is 5.90. The van der Waals surface area contributed by atoms with Crippen LogP contribution >= 0.6 is 0 Å². The van der Waals surface area contributed by atoms with Gasteiger partial charge in [0.2, 0.25) is 5.89 Å². The summed E-state index contributed by atoms with van der Waals surface area (Å²) in [6.45, 7) is 1.44. The van der Waals surface area contributed by atoms with Gasteiger partial charge in [-0.05, 0) is 25.0 Å². The van der Waals surface area contributed by atoms with Gasteiger partial charge in [-0.3, -0.25) is 4.68 Å². The zero-order valence-corrected chi connectivity index (χ0v) is 13.4. The van der Waals surface area contributed by atoms with Crippen LogP contribution in [0.3, 0.4) is 0 Å². The van der Waals surface area contributed by atoms with Gasteiger partial charge in [0.1, 0.15) is 5.75 Å². The Morgan fingerprint density at radius 1 is 1.25 bits per heavy atom. The van der Waals surface area contributed by atoms with E-state index < -0.39 is 0 Å². The Balaban J connectivity index is 1.61. The maximum atomic E-state index is 5.90. The van der Waals surface area contributed by atoms with Gasteiger partial charge in [-0.25, -0.2) is 0 Å². The van der Waals surface area contributed by atoms with E-state index in [1.165, 1.54) is 0 Å². The molecule has 1 aliphatic heterocycles. The van der Waals surface area contributed by atoms with Gasteiger partial charge in [-0.15, -0.1) is 10.2 Å². The summed E-state index contributed by atoms with van der Waals surface area (Å²) < 4.78 is 19.0. The highest BCUT2D eigenvalue weighted by Gasteiger charge is 2.23. The number of nitrogens with zero attached hydrogens (tertiary/aromatic N) is 4. The number of ether oxygens (including phenoxy) is 2. The molecule has 0 amide bonds. The number of hydrogen-bond acceptors (Lipinski definition) is 6. The van der Waals surface area contributed by atoms with Crippen LogP contribution in [0.25, 0.3) is 11.5 Å². The fourth-order valence-electron chi connectivity index (χ4n) is 2.75. The van der Waals surface area contributed by atoms with Crippen molar-refractivity contribution in [1.82, 2.24) is 20.0 Å². The predicted octanol–water partition coefficient (Wildman–Crippen LogP) is 3.16. The normalized spacial score (nSPS) is 17.8. The molecule has 1 saturated heterocycles. The third kappa shape index (κ3) is 3.03. The molecule has 124 valence electrons. The fourth-order valence-corrected chi connectivity index (χ4v) is 2.75. The zero-order valence-electron chi connectivity index (χ0n) is 13.4. The lowest BCUT2D eigenvalue weighted by molar-refractivity contribution is 0.0727. The minimum absolute atomic E-state index is 0.173. The molecule has 2 aromatic heterocycles. The second kappa shape index (κ2) is 6.45. The van der Waals surface area contributed by atoms with Crippen LogP contribution in [-0.2, 0) is 11.8 Å². The van der Waals surface area contributed by atoms with Crippen LogP contribution in [0.2, 0.25) is 0 Å². The lowest BCUT2D eigenvalue weighted by Crippen LogP contribution is -2.15.